The Hall–Kier alpha value is 0.300. The third-order valence-corrected chi connectivity index (χ3v) is 0.644. The molecule has 48 valence electrons. The molecular weight excluding hydrogens is 131 g/mol. The molecule has 0 aromatic carbocycles. The third-order valence-electron chi connectivity index (χ3n) is 0.644. The van der Waals surface area contributed by atoms with Crippen molar-refractivity contribution < 1.29 is 44.6 Å². The molecule has 0 fully saturated rings. The van der Waals surface area contributed by atoms with Crippen LogP contribution >= 0.6 is 0 Å². The van der Waals surface area contributed by atoms with Crippen LogP contribution in [0.3, 0.4) is 0 Å². The normalized spacial score (nSPS) is 6.22. The first-order valence-corrected chi connectivity index (χ1v) is 2.29. The predicted octanol–water partition coefficient (Wildman–Crippen LogP) is -2.62. The van der Waals surface area contributed by atoms with Crippen LogP contribution in [0.4, 0.5) is 0 Å². The zero-order valence-electron chi connectivity index (χ0n) is 5.54. The largest absolute Gasteiger partial charge is 1.00 e. The van der Waals surface area contributed by atoms with E-state index in [1.807, 2.05) is 0 Å². The third kappa shape index (κ3) is 17.8. The fourth-order valence-electron chi connectivity index (χ4n) is 0.285. The molecule has 3 nitrogen and oxygen atoms in total. The van der Waals surface area contributed by atoms with Gasteiger partial charge in [0.25, 0.3) is 0 Å². The first kappa shape index (κ1) is 16.1. The Morgan fingerprint density at radius 1 is 1.00 bits per heavy atom. The SMILES string of the molecule is O=CCCCC=O.[Na+].[OH-]. The Balaban J connectivity index is -0.000000180. The molecule has 0 saturated carbocycles. The topological polar surface area (TPSA) is 64.1 Å². The first-order chi connectivity index (χ1) is 3.41. The number of carbonyl (C=O) groups excluding carboxylic acids is 2. The number of carbonyl (C=O) groups is 2. The monoisotopic (exact) mass is 140 g/mol. The smallest absolute Gasteiger partial charge is 0.870 e. The van der Waals surface area contributed by atoms with Gasteiger partial charge in [-0.2, -0.15) is 0 Å². The van der Waals surface area contributed by atoms with Gasteiger partial charge in [0.1, 0.15) is 12.6 Å². The van der Waals surface area contributed by atoms with Crippen LogP contribution in [0.15, 0.2) is 0 Å². The van der Waals surface area contributed by atoms with Crippen LogP contribution in [0, 0.1) is 0 Å². The van der Waals surface area contributed by atoms with Crippen molar-refractivity contribution in [3.8, 4) is 0 Å². The van der Waals surface area contributed by atoms with Crippen molar-refractivity contribution >= 4 is 12.6 Å². The molecule has 0 aromatic heterocycles. The average molecular weight is 140 g/mol. The van der Waals surface area contributed by atoms with Gasteiger partial charge in [-0.3, -0.25) is 0 Å². The molecule has 0 spiro atoms. The summed E-state index contributed by atoms with van der Waals surface area (Å²) in [5.74, 6) is 0. The maximum atomic E-state index is 9.56. The summed E-state index contributed by atoms with van der Waals surface area (Å²) in [6.45, 7) is 0. The number of aldehydes is 2. The molecule has 9 heavy (non-hydrogen) atoms. The molecule has 0 atom stereocenters. The maximum absolute atomic E-state index is 9.56. The molecule has 0 aliphatic rings. The maximum Gasteiger partial charge on any atom is 1.00 e. The Morgan fingerprint density at radius 3 is 1.56 bits per heavy atom. The minimum absolute atomic E-state index is 0. The summed E-state index contributed by atoms with van der Waals surface area (Å²) < 4.78 is 0. The molecule has 0 aliphatic heterocycles. The van der Waals surface area contributed by atoms with E-state index in [4.69, 9.17) is 0 Å². The second-order valence-electron chi connectivity index (χ2n) is 1.26. The second kappa shape index (κ2) is 15.7. The quantitative estimate of drug-likeness (QED) is 0.244. The molecule has 0 bridgehead atoms. The van der Waals surface area contributed by atoms with E-state index in [-0.39, 0.29) is 35.0 Å². The molecule has 0 radical (unpaired) electrons. The van der Waals surface area contributed by atoms with E-state index in [1.165, 1.54) is 0 Å². The summed E-state index contributed by atoms with van der Waals surface area (Å²) in [4.78, 5) is 19.1. The van der Waals surface area contributed by atoms with Crippen molar-refractivity contribution in [2.75, 3.05) is 0 Å². The van der Waals surface area contributed by atoms with Crippen LogP contribution in [0.2, 0.25) is 0 Å². The van der Waals surface area contributed by atoms with E-state index in [0.717, 1.165) is 12.6 Å². The number of rotatable bonds is 4. The van der Waals surface area contributed by atoms with E-state index in [1.54, 1.807) is 0 Å². The van der Waals surface area contributed by atoms with Crippen LogP contribution in [-0.4, -0.2) is 18.0 Å². The Labute approximate surface area is 76.4 Å². The molecular formula is C5H9NaO3. The summed E-state index contributed by atoms with van der Waals surface area (Å²) in [5, 5.41) is 0. The number of hydrogen-bond donors (Lipinski definition) is 0. The molecule has 4 heteroatoms. The van der Waals surface area contributed by atoms with Crippen LogP contribution in [0.1, 0.15) is 19.3 Å². The molecule has 0 unspecified atom stereocenters. The van der Waals surface area contributed by atoms with Gasteiger partial charge in [0.05, 0.1) is 0 Å². The van der Waals surface area contributed by atoms with Gasteiger partial charge in [-0.25, -0.2) is 0 Å². The Bertz CT molecular complexity index is 57.2. The zero-order chi connectivity index (χ0) is 5.54. The summed E-state index contributed by atoms with van der Waals surface area (Å²) >= 11 is 0. The van der Waals surface area contributed by atoms with Gasteiger partial charge >= 0.3 is 29.6 Å². The fourth-order valence-corrected chi connectivity index (χ4v) is 0.285. The molecule has 1 N–H and O–H groups in total. The molecule has 0 rings (SSSR count). The van der Waals surface area contributed by atoms with Gasteiger partial charge in [0, 0.05) is 12.8 Å². The predicted molar refractivity (Wildman–Crippen MR) is 27.9 cm³/mol. The minimum atomic E-state index is 0. The Morgan fingerprint density at radius 2 is 1.33 bits per heavy atom. The molecule has 0 amide bonds. The van der Waals surface area contributed by atoms with Crippen LogP contribution in [0.25, 0.3) is 0 Å². The number of hydrogen-bond acceptors (Lipinski definition) is 3. The van der Waals surface area contributed by atoms with Gasteiger partial charge in [0.15, 0.2) is 0 Å². The molecule has 0 aromatic rings. The first-order valence-electron chi connectivity index (χ1n) is 2.29. The van der Waals surface area contributed by atoms with Crippen molar-refractivity contribution in [2.45, 2.75) is 19.3 Å². The molecule has 0 aliphatic carbocycles. The van der Waals surface area contributed by atoms with Gasteiger partial charge in [-0.05, 0) is 6.42 Å². The van der Waals surface area contributed by atoms with Gasteiger partial charge in [0.2, 0.25) is 0 Å². The summed E-state index contributed by atoms with van der Waals surface area (Å²) in [6, 6.07) is 0. The van der Waals surface area contributed by atoms with Crippen molar-refractivity contribution in [3.05, 3.63) is 0 Å². The zero-order valence-corrected chi connectivity index (χ0v) is 7.54. The van der Waals surface area contributed by atoms with Gasteiger partial charge in [-0.1, -0.05) is 0 Å². The van der Waals surface area contributed by atoms with Crippen molar-refractivity contribution in [1.29, 1.82) is 0 Å². The van der Waals surface area contributed by atoms with Crippen molar-refractivity contribution in [1.82, 2.24) is 0 Å². The molecule has 0 heterocycles. The van der Waals surface area contributed by atoms with Crippen LogP contribution < -0.4 is 29.6 Å². The summed E-state index contributed by atoms with van der Waals surface area (Å²) in [6.07, 6.45) is 3.37. The summed E-state index contributed by atoms with van der Waals surface area (Å²) in [7, 11) is 0. The van der Waals surface area contributed by atoms with Crippen molar-refractivity contribution in [3.63, 3.8) is 0 Å². The van der Waals surface area contributed by atoms with Crippen LogP contribution in [-0.2, 0) is 9.59 Å². The Kier molecular flexibility index (Phi) is 28.2. The molecule has 0 saturated heterocycles. The fraction of sp³-hybridized carbons (Fsp3) is 0.600. The van der Waals surface area contributed by atoms with E-state index in [9.17, 15) is 9.59 Å². The van der Waals surface area contributed by atoms with E-state index in [0.29, 0.717) is 19.3 Å². The second-order valence-corrected chi connectivity index (χ2v) is 1.26. The van der Waals surface area contributed by atoms with Crippen molar-refractivity contribution in [2.24, 2.45) is 0 Å². The van der Waals surface area contributed by atoms with Gasteiger partial charge in [-0.15, -0.1) is 0 Å². The van der Waals surface area contributed by atoms with E-state index < -0.39 is 0 Å². The number of unbranched alkanes of at least 4 members (excludes halogenated alkanes) is 2. The van der Waals surface area contributed by atoms with E-state index in [2.05, 4.69) is 0 Å². The average Bonchev–Trinajstić information content (AvgIpc) is 1.69. The van der Waals surface area contributed by atoms with Crippen LogP contribution in [0.5, 0.6) is 0 Å². The summed E-state index contributed by atoms with van der Waals surface area (Å²) in [5.41, 5.74) is 0. The van der Waals surface area contributed by atoms with E-state index >= 15 is 0 Å². The minimum Gasteiger partial charge on any atom is -0.870 e. The van der Waals surface area contributed by atoms with Gasteiger partial charge < -0.3 is 15.1 Å². The standard InChI is InChI=1S/C5H8O2.Na.H2O/c6-4-2-1-3-5-7;;/h4-5H,1-3H2;;1H2/q;+1;/p-1.